The van der Waals surface area contributed by atoms with E-state index in [0.29, 0.717) is 11.8 Å². The SMILES string of the molecule is C=C(Cl)OC(CCl)CCl. The van der Waals surface area contributed by atoms with Crippen molar-refractivity contribution in [3.63, 3.8) is 0 Å². The number of ether oxygens (including phenoxy) is 1. The lowest BCUT2D eigenvalue weighted by molar-refractivity contribution is 0.174. The standard InChI is InChI=1S/C5H7Cl3O/c1-4(8)9-5(2-6)3-7/h5H,1-3H2. The fourth-order valence-corrected chi connectivity index (χ4v) is 0.867. The Morgan fingerprint density at radius 3 is 2.00 bits per heavy atom. The molecule has 0 N–H and O–H groups in total. The quantitative estimate of drug-likeness (QED) is 0.488. The predicted octanol–water partition coefficient (Wildman–Crippen LogP) is 2.56. The molecule has 0 radical (unpaired) electrons. The molecule has 0 atom stereocenters. The predicted molar refractivity (Wildman–Crippen MR) is 41.3 cm³/mol. The molecule has 1 nitrogen and oxygen atoms in total. The summed E-state index contributed by atoms with van der Waals surface area (Å²) in [5.74, 6) is 0.657. The summed E-state index contributed by atoms with van der Waals surface area (Å²) < 4.78 is 4.86. The molecular weight excluding hydrogens is 182 g/mol. The zero-order valence-corrected chi connectivity index (χ0v) is 7.01. The number of hydrogen-bond donors (Lipinski definition) is 0. The Kier molecular flexibility index (Phi) is 5.45. The second kappa shape index (κ2) is 5.21. The molecule has 4 heteroatoms. The van der Waals surface area contributed by atoms with Gasteiger partial charge in [0, 0.05) is 0 Å². The van der Waals surface area contributed by atoms with E-state index in [9.17, 15) is 0 Å². The lowest BCUT2D eigenvalue weighted by atomic mass is 10.5. The Morgan fingerprint density at radius 2 is 1.89 bits per heavy atom. The minimum Gasteiger partial charge on any atom is -0.478 e. The monoisotopic (exact) mass is 188 g/mol. The first-order chi connectivity index (χ1) is 4.20. The van der Waals surface area contributed by atoms with Crippen molar-refractivity contribution in [1.29, 1.82) is 0 Å². The average Bonchev–Trinajstić information content (AvgIpc) is 1.82. The van der Waals surface area contributed by atoms with E-state index in [-0.39, 0.29) is 11.3 Å². The van der Waals surface area contributed by atoms with Crippen LogP contribution in [0.5, 0.6) is 0 Å². The summed E-state index contributed by atoms with van der Waals surface area (Å²) >= 11 is 16.1. The van der Waals surface area contributed by atoms with Gasteiger partial charge in [0.05, 0.1) is 11.8 Å². The molecule has 0 unspecified atom stereocenters. The van der Waals surface area contributed by atoms with Crippen molar-refractivity contribution in [3.8, 4) is 0 Å². The molecule has 0 rings (SSSR count). The van der Waals surface area contributed by atoms with Crippen LogP contribution in [0.3, 0.4) is 0 Å². The molecule has 0 aliphatic heterocycles. The van der Waals surface area contributed by atoms with Crippen LogP contribution in [-0.2, 0) is 4.74 Å². The fraction of sp³-hybridized carbons (Fsp3) is 0.600. The van der Waals surface area contributed by atoms with Gasteiger partial charge in [0.1, 0.15) is 6.10 Å². The van der Waals surface area contributed by atoms with E-state index in [1.807, 2.05) is 0 Å². The van der Waals surface area contributed by atoms with Crippen LogP contribution >= 0.6 is 34.8 Å². The number of hydrogen-bond acceptors (Lipinski definition) is 1. The molecule has 0 saturated carbocycles. The Labute approximate surface area is 69.5 Å². The van der Waals surface area contributed by atoms with Gasteiger partial charge < -0.3 is 4.74 Å². The first kappa shape index (κ1) is 9.41. The molecule has 0 aliphatic rings. The molecule has 9 heavy (non-hydrogen) atoms. The molecule has 0 fully saturated rings. The average molecular weight is 189 g/mol. The third kappa shape index (κ3) is 4.89. The van der Waals surface area contributed by atoms with Crippen molar-refractivity contribution in [2.45, 2.75) is 6.10 Å². The molecule has 0 aromatic carbocycles. The zero-order chi connectivity index (χ0) is 7.28. The Bertz CT molecular complexity index is 90.2. The molecule has 54 valence electrons. The summed E-state index contributed by atoms with van der Waals surface area (Å²) in [5.41, 5.74) is 0. The minimum atomic E-state index is -0.224. The van der Waals surface area contributed by atoms with Crippen molar-refractivity contribution in [1.82, 2.24) is 0 Å². The van der Waals surface area contributed by atoms with E-state index in [2.05, 4.69) is 6.58 Å². The lowest BCUT2D eigenvalue weighted by Crippen LogP contribution is -2.14. The number of halogens is 3. The normalized spacial score (nSPS) is 9.78. The Hall–Kier alpha value is 0.410. The van der Waals surface area contributed by atoms with Gasteiger partial charge in [0.2, 0.25) is 0 Å². The van der Waals surface area contributed by atoms with Crippen LogP contribution in [0.25, 0.3) is 0 Å². The van der Waals surface area contributed by atoms with Crippen LogP contribution in [0.15, 0.2) is 11.8 Å². The Morgan fingerprint density at radius 1 is 1.44 bits per heavy atom. The molecule has 0 aromatic heterocycles. The molecule has 0 heterocycles. The molecule has 0 spiro atoms. The van der Waals surface area contributed by atoms with Crippen molar-refractivity contribution in [2.75, 3.05) is 11.8 Å². The van der Waals surface area contributed by atoms with Crippen molar-refractivity contribution in [2.24, 2.45) is 0 Å². The second-order valence-electron chi connectivity index (χ2n) is 1.40. The van der Waals surface area contributed by atoms with Gasteiger partial charge in [-0.2, -0.15) is 0 Å². The van der Waals surface area contributed by atoms with Crippen LogP contribution in [-0.4, -0.2) is 17.9 Å². The summed E-state index contributed by atoms with van der Waals surface area (Å²) in [6.07, 6.45) is -0.224. The van der Waals surface area contributed by atoms with E-state index in [0.717, 1.165) is 0 Å². The second-order valence-corrected chi connectivity index (χ2v) is 2.44. The maximum Gasteiger partial charge on any atom is 0.179 e. The summed E-state index contributed by atoms with van der Waals surface area (Å²) in [4.78, 5) is 0. The molecule has 0 saturated heterocycles. The van der Waals surface area contributed by atoms with E-state index in [1.54, 1.807) is 0 Å². The largest absolute Gasteiger partial charge is 0.478 e. The third-order valence-electron chi connectivity index (χ3n) is 0.639. The zero-order valence-electron chi connectivity index (χ0n) is 4.74. The van der Waals surface area contributed by atoms with Gasteiger partial charge in [-0.25, -0.2) is 0 Å². The van der Waals surface area contributed by atoms with Crippen LogP contribution in [0.1, 0.15) is 0 Å². The van der Waals surface area contributed by atoms with Gasteiger partial charge in [0.15, 0.2) is 5.22 Å². The van der Waals surface area contributed by atoms with Gasteiger partial charge in [-0.3, -0.25) is 0 Å². The Balaban J connectivity index is 3.43. The smallest absolute Gasteiger partial charge is 0.179 e. The first-order valence-corrected chi connectivity index (χ1v) is 3.78. The number of rotatable bonds is 4. The maximum absolute atomic E-state index is 5.40. The highest BCUT2D eigenvalue weighted by Crippen LogP contribution is 2.07. The molecule has 0 amide bonds. The van der Waals surface area contributed by atoms with Gasteiger partial charge in [0.25, 0.3) is 0 Å². The highest BCUT2D eigenvalue weighted by atomic mass is 35.5. The van der Waals surface area contributed by atoms with Crippen LogP contribution in [0.4, 0.5) is 0 Å². The van der Waals surface area contributed by atoms with Gasteiger partial charge in [-0.1, -0.05) is 0 Å². The molecule has 0 aromatic rings. The van der Waals surface area contributed by atoms with Crippen molar-refractivity contribution >= 4 is 34.8 Å². The van der Waals surface area contributed by atoms with Gasteiger partial charge in [-0.05, 0) is 18.2 Å². The van der Waals surface area contributed by atoms with E-state index >= 15 is 0 Å². The summed E-state index contributed by atoms with van der Waals surface area (Å²) in [6, 6.07) is 0. The topological polar surface area (TPSA) is 9.23 Å². The summed E-state index contributed by atoms with van der Waals surface area (Å²) in [6.45, 7) is 3.32. The fourth-order valence-electron chi connectivity index (χ4n) is 0.285. The number of alkyl halides is 2. The molecule has 0 aliphatic carbocycles. The van der Waals surface area contributed by atoms with E-state index in [1.165, 1.54) is 0 Å². The highest BCUT2D eigenvalue weighted by molar-refractivity contribution is 6.28. The van der Waals surface area contributed by atoms with Gasteiger partial charge >= 0.3 is 0 Å². The lowest BCUT2D eigenvalue weighted by Gasteiger charge is -2.10. The highest BCUT2D eigenvalue weighted by Gasteiger charge is 2.05. The van der Waals surface area contributed by atoms with Crippen LogP contribution < -0.4 is 0 Å². The summed E-state index contributed by atoms with van der Waals surface area (Å²) in [7, 11) is 0. The minimum absolute atomic E-state index is 0.126. The van der Waals surface area contributed by atoms with Gasteiger partial charge in [-0.15, -0.1) is 23.2 Å². The third-order valence-corrected chi connectivity index (χ3v) is 1.42. The first-order valence-electron chi connectivity index (χ1n) is 2.33. The van der Waals surface area contributed by atoms with E-state index in [4.69, 9.17) is 39.5 Å². The maximum atomic E-state index is 5.40. The van der Waals surface area contributed by atoms with Crippen LogP contribution in [0, 0.1) is 0 Å². The molecule has 0 bridgehead atoms. The summed E-state index contributed by atoms with van der Waals surface area (Å²) in [5, 5.41) is 0.126. The van der Waals surface area contributed by atoms with Crippen molar-refractivity contribution in [3.05, 3.63) is 11.8 Å². The van der Waals surface area contributed by atoms with E-state index < -0.39 is 0 Å². The van der Waals surface area contributed by atoms with Crippen molar-refractivity contribution < 1.29 is 4.74 Å². The van der Waals surface area contributed by atoms with Crippen LogP contribution in [0.2, 0.25) is 0 Å². The molecular formula is C5H7Cl3O.